The smallest absolute Gasteiger partial charge is 0.412 e. The molecule has 0 spiro atoms. The van der Waals surface area contributed by atoms with Gasteiger partial charge in [0, 0.05) is 11.1 Å². The third-order valence-corrected chi connectivity index (χ3v) is 3.63. The van der Waals surface area contributed by atoms with Gasteiger partial charge in [0.05, 0.1) is 6.61 Å². The van der Waals surface area contributed by atoms with Gasteiger partial charge >= 0.3 is 6.09 Å². The van der Waals surface area contributed by atoms with Crippen LogP contribution >= 0.6 is 0 Å². The van der Waals surface area contributed by atoms with Gasteiger partial charge in [0.2, 0.25) is 0 Å². The lowest BCUT2D eigenvalue weighted by Gasteiger charge is -2.20. The molecule has 1 saturated carbocycles. The van der Waals surface area contributed by atoms with E-state index in [1.165, 1.54) is 0 Å². The highest BCUT2D eigenvalue weighted by atomic mass is 16.6. The second kappa shape index (κ2) is 5.09. The first-order valence-corrected chi connectivity index (χ1v) is 6.98. The Bertz CT molecular complexity index is 513. The van der Waals surface area contributed by atoms with E-state index in [-0.39, 0.29) is 12.0 Å². The molecule has 4 nitrogen and oxygen atoms in total. The van der Waals surface area contributed by atoms with Gasteiger partial charge in [0.1, 0.15) is 5.60 Å². The number of hydrogen-bond donors (Lipinski definition) is 2. The Morgan fingerprint density at radius 3 is 2.50 bits per heavy atom. The fourth-order valence-electron chi connectivity index (χ4n) is 2.24. The van der Waals surface area contributed by atoms with Gasteiger partial charge in [-0.2, -0.15) is 0 Å². The van der Waals surface area contributed by atoms with Crippen LogP contribution in [0.2, 0.25) is 0 Å². The number of aliphatic hydroxyl groups excluding tert-OH is 1. The zero-order valence-electron chi connectivity index (χ0n) is 12.6. The molecule has 0 aromatic heterocycles. The number of carbonyl (C=O) groups is 1. The monoisotopic (exact) mass is 277 g/mol. The topological polar surface area (TPSA) is 58.6 Å². The molecule has 0 aliphatic heterocycles. The number of benzene rings is 1. The summed E-state index contributed by atoms with van der Waals surface area (Å²) in [5.74, 6) is 0. The molecule has 0 bridgehead atoms. The normalized spacial score (nSPS) is 16.6. The summed E-state index contributed by atoms with van der Waals surface area (Å²) in [5, 5.41) is 12.2. The van der Waals surface area contributed by atoms with Crippen molar-refractivity contribution in [3.8, 4) is 0 Å². The van der Waals surface area contributed by atoms with E-state index in [0.29, 0.717) is 0 Å². The summed E-state index contributed by atoms with van der Waals surface area (Å²) in [6, 6.07) is 5.89. The van der Waals surface area contributed by atoms with Crippen molar-refractivity contribution < 1.29 is 14.6 Å². The quantitative estimate of drug-likeness (QED) is 0.890. The molecule has 2 rings (SSSR count). The maximum absolute atomic E-state index is 11.8. The third-order valence-electron chi connectivity index (χ3n) is 3.63. The van der Waals surface area contributed by atoms with E-state index in [1.807, 2.05) is 45.9 Å². The van der Waals surface area contributed by atoms with Crippen LogP contribution in [0.3, 0.4) is 0 Å². The SMILES string of the molecule is Cc1cc(C2(CO)CC2)ccc1NC(=O)OC(C)(C)C. The Labute approximate surface area is 120 Å². The Hall–Kier alpha value is -1.55. The molecule has 1 fully saturated rings. The van der Waals surface area contributed by atoms with Crippen LogP contribution in [-0.4, -0.2) is 23.4 Å². The first-order valence-electron chi connectivity index (χ1n) is 6.98. The Kier molecular flexibility index (Phi) is 3.78. The maximum atomic E-state index is 11.8. The minimum absolute atomic E-state index is 0.0464. The summed E-state index contributed by atoms with van der Waals surface area (Å²) < 4.78 is 5.24. The van der Waals surface area contributed by atoms with Crippen molar-refractivity contribution in [3.63, 3.8) is 0 Å². The summed E-state index contributed by atoms with van der Waals surface area (Å²) in [6.07, 6.45) is 1.61. The number of carbonyl (C=O) groups excluding carboxylic acids is 1. The van der Waals surface area contributed by atoms with Crippen molar-refractivity contribution in [1.82, 2.24) is 0 Å². The second-order valence-electron chi connectivity index (χ2n) is 6.60. The van der Waals surface area contributed by atoms with Crippen molar-refractivity contribution in [2.24, 2.45) is 0 Å². The van der Waals surface area contributed by atoms with Crippen LogP contribution in [-0.2, 0) is 10.2 Å². The van der Waals surface area contributed by atoms with Crippen molar-refractivity contribution in [2.75, 3.05) is 11.9 Å². The highest BCUT2D eigenvalue weighted by Crippen LogP contribution is 2.48. The first kappa shape index (κ1) is 14.9. The molecule has 0 saturated heterocycles. The standard InChI is InChI=1S/C16H23NO3/c1-11-9-12(16(10-18)7-8-16)5-6-13(11)17-14(19)20-15(2,3)4/h5-6,9,18H,7-8,10H2,1-4H3,(H,17,19). The third kappa shape index (κ3) is 3.31. The summed E-state index contributed by atoms with van der Waals surface area (Å²) in [4.78, 5) is 11.8. The summed E-state index contributed by atoms with van der Waals surface area (Å²) in [5.41, 5.74) is 2.32. The number of rotatable bonds is 3. The van der Waals surface area contributed by atoms with Gasteiger partial charge in [0.15, 0.2) is 0 Å². The largest absolute Gasteiger partial charge is 0.444 e. The van der Waals surface area contributed by atoms with Crippen molar-refractivity contribution in [1.29, 1.82) is 0 Å². The fraction of sp³-hybridized carbons (Fsp3) is 0.562. The zero-order chi connectivity index (χ0) is 15.0. The molecule has 110 valence electrons. The fourth-order valence-corrected chi connectivity index (χ4v) is 2.24. The highest BCUT2D eigenvalue weighted by Gasteiger charge is 2.43. The molecule has 0 atom stereocenters. The van der Waals surface area contributed by atoms with Crippen LogP contribution in [0.5, 0.6) is 0 Å². The van der Waals surface area contributed by atoms with Crippen LogP contribution in [0.25, 0.3) is 0 Å². The molecule has 2 N–H and O–H groups in total. The number of aryl methyl sites for hydroxylation is 1. The number of hydrogen-bond acceptors (Lipinski definition) is 3. The zero-order valence-corrected chi connectivity index (χ0v) is 12.6. The minimum Gasteiger partial charge on any atom is -0.444 e. The number of ether oxygens (including phenoxy) is 1. The lowest BCUT2D eigenvalue weighted by molar-refractivity contribution is 0.0636. The molecular weight excluding hydrogens is 254 g/mol. The van der Waals surface area contributed by atoms with Gasteiger partial charge in [0.25, 0.3) is 0 Å². The number of anilines is 1. The van der Waals surface area contributed by atoms with Gasteiger partial charge in [-0.15, -0.1) is 0 Å². The lowest BCUT2D eigenvalue weighted by atomic mass is 9.95. The Morgan fingerprint density at radius 1 is 1.40 bits per heavy atom. The predicted octanol–water partition coefficient (Wildman–Crippen LogP) is 3.37. The van der Waals surface area contributed by atoms with E-state index in [2.05, 4.69) is 5.32 Å². The summed E-state index contributed by atoms with van der Waals surface area (Å²) in [6.45, 7) is 7.64. The number of nitrogens with one attached hydrogen (secondary N) is 1. The number of amides is 1. The first-order chi connectivity index (χ1) is 9.26. The number of aliphatic hydroxyl groups is 1. The predicted molar refractivity (Wildman–Crippen MR) is 79.0 cm³/mol. The Balaban J connectivity index is 2.09. The molecule has 0 heterocycles. The molecule has 1 amide bonds. The average molecular weight is 277 g/mol. The average Bonchev–Trinajstić information content (AvgIpc) is 3.10. The van der Waals surface area contributed by atoms with E-state index in [4.69, 9.17) is 4.74 Å². The van der Waals surface area contributed by atoms with Gasteiger partial charge in [-0.05, 0) is 57.7 Å². The second-order valence-corrected chi connectivity index (χ2v) is 6.60. The van der Waals surface area contributed by atoms with Gasteiger partial charge in [-0.25, -0.2) is 4.79 Å². The molecule has 1 aromatic rings. The van der Waals surface area contributed by atoms with E-state index in [0.717, 1.165) is 29.7 Å². The van der Waals surface area contributed by atoms with Crippen molar-refractivity contribution in [3.05, 3.63) is 29.3 Å². The highest BCUT2D eigenvalue weighted by molar-refractivity contribution is 5.86. The van der Waals surface area contributed by atoms with Crippen LogP contribution in [0.1, 0.15) is 44.7 Å². The lowest BCUT2D eigenvalue weighted by Crippen LogP contribution is -2.27. The molecule has 0 unspecified atom stereocenters. The van der Waals surface area contributed by atoms with E-state index in [1.54, 1.807) is 0 Å². The van der Waals surface area contributed by atoms with Gasteiger partial charge < -0.3 is 9.84 Å². The van der Waals surface area contributed by atoms with Gasteiger partial charge in [-0.1, -0.05) is 12.1 Å². The summed E-state index contributed by atoms with van der Waals surface area (Å²) >= 11 is 0. The molecule has 1 aliphatic rings. The molecule has 1 aliphatic carbocycles. The molecule has 0 radical (unpaired) electrons. The van der Waals surface area contributed by atoms with Gasteiger partial charge in [-0.3, -0.25) is 5.32 Å². The van der Waals surface area contributed by atoms with Crippen LogP contribution in [0.15, 0.2) is 18.2 Å². The van der Waals surface area contributed by atoms with Crippen LogP contribution < -0.4 is 5.32 Å². The van der Waals surface area contributed by atoms with E-state index < -0.39 is 11.7 Å². The van der Waals surface area contributed by atoms with Crippen LogP contribution in [0.4, 0.5) is 10.5 Å². The molecular formula is C16H23NO3. The maximum Gasteiger partial charge on any atom is 0.412 e. The Morgan fingerprint density at radius 2 is 2.05 bits per heavy atom. The molecule has 1 aromatic carbocycles. The molecule has 20 heavy (non-hydrogen) atoms. The van der Waals surface area contributed by atoms with E-state index in [9.17, 15) is 9.90 Å². The van der Waals surface area contributed by atoms with Crippen molar-refractivity contribution >= 4 is 11.8 Å². The van der Waals surface area contributed by atoms with Crippen LogP contribution in [0, 0.1) is 6.92 Å². The molecule has 4 heteroatoms. The van der Waals surface area contributed by atoms with Crippen molar-refractivity contribution in [2.45, 2.75) is 51.6 Å². The summed E-state index contributed by atoms with van der Waals surface area (Å²) in [7, 11) is 0. The minimum atomic E-state index is -0.507. The van der Waals surface area contributed by atoms with E-state index >= 15 is 0 Å².